The maximum absolute atomic E-state index is 13.6. The first-order valence-corrected chi connectivity index (χ1v) is 10.3. The molecule has 0 saturated carbocycles. The fraction of sp³-hybridized carbons (Fsp3) is 0.500. The highest BCUT2D eigenvalue weighted by molar-refractivity contribution is 5.94. The second-order valence-corrected chi connectivity index (χ2v) is 7.50. The van der Waals surface area contributed by atoms with Gasteiger partial charge in [0, 0.05) is 37.4 Å². The van der Waals surface area contributed by atoms with Gasteiger partial charge in [-0.25, -0.2) is 4.39 Å². The van der Waals surface area contributed by atoms with Crippen LogP contribution in [0.15, 0.2) is 23.2 Å². The Bertz CT molecular complexity index is 905. The van der Waals surface area contributed by atoms with Crippen LogP contribution in [0.25, 0.3) is 0 Å². The Morgan fingerprint density at radius 1 is 1.27 bits per heavy atom. The van der Waals surface area contributed by atoms with Gasteiger partial charge in [-0.1, -0.05) is 6.07 Å². The molecule has 1 heterocycles. The van der Waals surface area contributed by atoms with E-state index in [1.54, 1.807) is 19.1 Å². The van der Waals surface area contributed by atoms with E-state index in [1.807, 2.05) is 25.6 Å². The highest BCUT2D eigenvalue weighted by Crippen LogP contribution is 2.14. The molecule has 0 saturated heterocycles. The molecule has 1 unspecified atom stereocenters. The van der Waals surface area contributed by atoms with Crippen molar-refractivity contribution in [1.82, 2.24) is 25.7 Å². The van der Waals surface area contributed by atoms with Gasteiger partial charge in [0.25, 0.3) is 5.91 Å². The van der Waals surface area contributed by atoms with Gasteiger partial charge in [-0.15, -0.1) is 0 Å². The van der Waals surface area contributed by atoms with Crippen LogP contribution < -0.4 is 16.0 Å². The number of aliphatic imine (C=N–C) groups is 1. The minimum absolute atomic E-state index is 0.162. The second kappa shape index (κ2) is 10.8. The number of aromatic nitrogens is 2. The van der Waals surface area contributed by atoms with E-state index in [-0.39, 0.29) is 17.8 Å². The molecule has 3 N–H and O–H groups in total. The molecule has 1 amide bonds. The lowest BCUT2D eigenvalue weighted by Gasteiger charge is -2.18. The van der Waals surface area contributed by atoms with E-state index in [0.29, 0.717) is 30.2 Å². The topological polar surface area (TPSA) is 83.3 Å². The van der Waals surface area contributed by atoms with Crippen LogP contribution in [-0.2, 0) is 13.5 Å². The molecule has 2 aromatic rings. The Morgan fingerprint density at radius 3 is 2.60 bits per heavy atom. The molecule has 0 aliphatic heterocycles. The lowest BCUT2D eigenvalue weighted by molar-refractivity contribution is 0.0954. The van der Waals surface area contributed by atoms with Crippen molar-refractivity contribution < 1.29 is 9.18 Å². The van der Waals surface area contributed by atoms with Crippen molar-refractivity contribution in [3.05, 3.63) is 52.1 Å². The van der Waals surface area contributed by atoms with E-state index in [9.17, 15) is 9.18 Å². The van der Waals surface area contributed by atoms with Crippen LogP contribution in [0.2, 0.25) is 0 Å². The third-order valence-electron chi connectivity index (χ3n) is 5.00. The van der Waals surface area contributed by atoms with Crippen molar-refractivity contribution in [3.63, 3.8) is 0 Å². The molecule has 0 bridgehead atoms. The van der Waals surface area contributed by atoms with Gasteiger partial charge < -0.3 is 16.0 Å². The first-order chi connectivity index (χ1) is 14.2. The van der Waals surface area contributed by atoms with Crippen molar-refractivity contribution in [2.45, 2.75) is 47.1 Å². The van der Waals surface area contributed by atoms with Crippen LogP contribution in [0.4, 0.5) is 4.39 Å². The molecule has 1 aromatic heterocycles. The van der Waals surface area contributed by atoms with Crippen LogP contribution in [0, 0.1) is 26.6 Å². The highest BCUT2D eigenvalue weighted by atomic mass is 19.1. The number of guanidine groups is 1. The third kappa shape index (κ3) is 6.30. The van der Waals surface area contributed by atoms with Gasteiger partial charge in [-0.2, -0.15) is 5.10 Å². The number of carbonyl (C=O) groups excluding carboxylic acids is 1. The lowest BCUT2D eigenvalue weighted by Crippen LogP contribution is -2.43. The molecule has 0 spiro atoms. The molecule has 164 valence electrons. The standard InChI is InChI=1S/C22H33FN6O/c1-7-24-22(27-15(3)12-19-16(4)28-29(6)17(19)5)26-11-10-25-21(30)18-9-8-14(2)20(23)13-18/h8-9,13,15H,7,10-12H2,1-6H3,(H,25,30)(H2,24,26,27). The van der Waals surface area contributed by atoms with Crippen molar-refractivity contribution in [2.24, 2.45) is 12.0 Å². The molecule has 1 aromatic carbocycles. The summed E-state index contributed by atoms with van der Waals surface area (Å²) < 4.78 is 15.5. The molecular weight excluding hydrogens is 383 g/mol. The minimum Gasteiger partial charge on any atom is -0.357 e. The fourth-order valence-electron chi connectivity index (χ4n) is 3.20. The number of aryl methyl sites for hydroxylation is 3. The first-order valence-electron chi connectivity index (χ1n) is 10.3. The summed E-state index contributed by atoms with van der Waals surface area (Å²) in [6.45, 7) is 11.4. The van der Waals surface area contributed by atoms with Crippen LogP contribution in [0.5, 0.6) is 0 Å². The van der Waals surface area contributed by atoms with Gasteiger partial charge in [0.15, 0.2) is 5.96 Å². The first kappa shape index (κ1) is 23.4. The van der Waals surface area contributed by atoms with E-state index < -0.39 is 0 Å². The predicted octanol–water partition coefficient (Wildman–Crippen LogP) is 2.40. The Labute approximate surface area is 178 Å². The molecule has 2 rings (SSSR count). The Kier molecular flexibility index (Phi) is 8.38. The van der Waals surface area contributed by atoms with Gasteiger partial charge in [0.2, 0.25) is 0 Å². The highest BCUT2D eigenvalue weighted by Gasteiger charge is 2.14. The summed E-state index contributed by atoms with van der Waals surface area (Å²) in [5.41, 5.74) is 4.27. The number of hydrogen-bond donors (Lipinski definition) is 3. The average Bonchev–Trinajstić information content (AvgIpc) is 2.93. The number of amides is 1. The van der Waals surface area contributed by atoms with E-state index in [4.69, 9.17) is 0 Å². The van der Waals surface area contributed by atoms with Crippen molar-refractivity contribution in [3.8, 4) is 0 Å². The Balaban J connectivity index is 1.88. The van der Waals surface area contributed by atoms with Gasteiger partial charge in [-0.05, 0) is 64.3 Å². The number of nitrogens with zero attached hydrogens (tertiary/aromatic N) is 3. The van der Waals surface area contributed by atoms with E-state index >= 15 is 0 Å². The van der Waals surface area contributed by atoms with Crippen LogP contribution >= 0.6 is 0 Å². The molecular formula is C22H33FN6O. The van der Waals surface area contributed by atoms with Gasteiger partial charge in [0.1, 0.15) is 5.82 Å². The largest absolute Gasteiger partial charge is 0.357 e. The van der Waals surface area contributed by atoms with Crippen LogP contribution in [0.3, 0.4) is 0 Å². The molecule has 0 fully saturated rings. The van der Waals surface area contributed by atoms with E-state index in [0.717, 1.165) is 18.7 Å². The summed E-state index contributed by atoms with van der Waals surface area (Å²) in [7, 11) is 1.95. The third-order valence-corrected chi connectivity index (χ3v) is 5.00. The maximum Gasteiger partial charge on any atom is 0.251 e. The zero-order valence-electron chi connectivity index (χ0n) is 18.8. The summed E-state index contributed by atoms with van der Waals surface area (Å²) in [4.78, 5) is 16.7. The van der Waals surface area contributed by atoms with Crippen molar-refractivity contribution in [1.29, 1.82) is 0 Å². The van der Waals surface area contributed by atoms with E-state index in [1.165, 1.54) is 17.3 Å². The summed E-state index contributed by atoms with van der Waals surface area (Å²) in [6, 6.07) is 4.63. The summed E-state index contributed by atoms with van der Waals surface area (Å²) in [5.74, 6) is 0.00478. The smallest absolute Gasteiger partial charge is 0.251 e. The summed E-state index contributed by atoms with van der Waals surface area (Å²) >= 11 is 0. The van der Waals surface area contributed by atoms with Gasteiger partial charge in [-0.3, -0.25) is 14.5 Å². The van der Waals surface area contributed by atoms with Crippen molar-refractivity contribution in [2.75, 3.05) is 19.6 Å². The predicted molar refractivity (Wildman–Crippen MR) is 118 cm³/mol. The second-order valence-electron chi connectivity index (χ2n) is 7.50. The maximum atomic E-state index is 13.6. The van der Waals surface area contributed by atoms with Gasteiger partial charge >= 0.3 is 0 Å². The SMILES string of the molecule is CCNC(=NCCNC(=O)c1ccc(C)c(F)c1)NC(C)Cc1c(C)nn(C)c1C. The monoisotopic (exact) mass is 416 g/mol. The van der Waals surface area contributed by atoms with Crippen LogP contribution in [0.1, 0.15) is 46.7 Å². The molecule has 0 aliphatic carbocycles. The fourth-order valence-corrected chi connectivity index (χ4v) is 3.20. The minimum atomic E-state index is -0.382. The Morgan fingerprint density at radius 2 is 2.00 bits per heavy atom. The number of carbonyl (C=O) groups is 1. The van der Waals surface area contributed by atoms with Gasteiger partial charge in [0.05, 0.1) is 12.2 Å². The quantitative estimate of drug-likeness (QED) is 0.351. The number of hydrogen-bond acceptors (Lipinski definition) is 3. The number of halogens is 1. The Hall–Kier alpha value is -2.90. The van der Waals surface area contributed by atoms with Crippen LogP contribution in [-0.4, -0.2) is 47.3 Å². The molecule has 0 aliphatic rings. The molecule has 1 atom stereocenters. The van der Waals surface area contributed by atoms with Crippen molar-refractivity contribution >= 4 is 11.9 Å². The number of rotatable bonds is 8. The zero-order chi connectivity index (χ0) is 22.3. The molecule has 0 radical (unpaired) electrons. The molecule has 7 nitrogen and oxygen atoms in total. The number of nitrogens with one attached hydrogen (secondary N) is 3. The summed E-state index contributed by atoms with van der Waals surface area (Å²) in [6.07, 6.45) is 0.839. The lowest BCUT2D eigenvalue weighted by atomic mass is 10.1. The molecule has 8 heteroatoms. The zero-order valence-corrected chi connectivity index (χ0v) is 18.8. The summed E-state index contributed by atoms with van der Waals surface area (Å²) in [5, 5.41) is 13.9. The van der Waals surface area contributed by atoms with E-state index in [2.05, 4.69) is 39.9 Å². The number of benzene rings is 1. The molecule has 30 heavy (non-hydrogen) atoms. The normalized spacial score (nSPS) is 12.6. The average molecular weight is 417 g/mol.